The number of benzene rings is 1. The van der Waals surface area contributed by atoms with Gasteiger partial charge < -0.3 is 0 Å². The van der Waals surface area contributed by atoms with E-state index >= 15 is 0 Å². The van der Waals surface area contributed by atoms with Crippen LogP contribution in [-0.2, 0) is 10.0 Å². The third kappa shape index (κ3) is 5.12. The van der Waals surface area contributed by atoms with Crippen molar-refractivity contribution in [1.29, 1.82) is 0 Å². The molecule has 7 heteroatoms. The lowest BCUT2D eigenvalue weighted by atomic mass is 10.2. The molecule has 0 aliphatic heterocycles. The maximum absolute atomic E-state index is 12.6. The Labute approximate surface area is 150 Å². The lowest BCUT2D eigenvalue weighted by Crippen LogP contribution is -2.30. The van der Waals surface area contributed by atoms with Crippen molar-refractivity contribution < 1.29 is 13.2 Å². The van der Waals surface area contributed by atoms with Crippen LogP contribution in [0.25, 0.3) is 0 Å². The molecule has 0 spiro atoms. The number of nitrogens with zero attached hydrogens (tertiary/aromatic N) is 2. The number of amides is 1. The quantitative estimate of drug-likeness (QED) is 0.621. The SMILES string of the molecule is CCN(CC)S(=O)(=O)c1cccc(C(=O)NN=C2CCCCCC2)c1. The molecule has 1 aromatic rings. The Hall–Kier alpha value is -1.73. The molecular formula is C18H27N3O3S. The van der Waals surface area contributed by atoms with Crippen molar-refractivity contribution in [3.8, 4) is 0 Å². The van der Waals surface area contributed by atoms with Crippen molar-refractivity contribution in [2.75, 3.05) is 13.1 Å². The van der Waals surface area contributed by atoms with E-state index in [-0.39, 0.29) is 10.8 Å². The Morgan fingerprint density at radius 3 is 2.36 bits per heavy atom. The van der Waals surface area contributed by atoms with Gasteiger partial charge in [0, 0.05) is 24.4 Å². The molecule has 1 saturated carbocycles. The maximum atomic E-state index is 12.6. The van der Waals surface area contributed by atoms with Crippen LogP contribution in [0.15, 0.2) is 34.3 Å². The van der Waals surface area contributed by atoms with Gasteiger partial charge in [-0.15, -0.1) is 0 Å². The number of carbonyl (C=O) groups excluding carboxylic acids is 1. The number of carbonyl (C=O) groups is 1. The van der Waals surface area contributed by atoms with E-state index in [1.165, 1.54) is 29.3 Å². The molecule has 2 rings (SSSR count). The summed E-state index contributed by atoms with van der Waals surface area (Å²) in [5.74, 6) is -0.381. The summed E-state index contributed by atoms with van der Waals surface area (Å²) in [5, 5.41) is 4.24. The van der Waals surface area contributed by atoms with Crippen LogP contribution in [-0.4, -0.2) is 37.4 Å². The van der Waals surface area contributed by atoms with Gasteiger partial charge in [-0.05, 0) is 43.9 Å². The number of hydrazone groups is 1. The summed E-state index contributed by atoms with van der Waals surface area (Å²) < 4.78 is 26.5. The molecule has 0 radical (unpaired) electrons. The zero-order chi connectivity index (χ0) is 18.3. The Morgan fingerprint density at radius 2 is 1.76 bits per heavy atom. The highest BCUT2D eigenvalue weighted by molar-refractivity contribution is 7.89. The normalized spacial score (nSPS) is 15.7. The van der Waals surface area contributed by atoms with Crippen molar-refractivity contribution in [2.45, 2.75) is 57.3 Å². The van der Waals surface area contributed by atoms with Gasteiger partial charge in [0.1, 0.15) is 0 Å². The molecule has 0 bridgehead atoms. The molecule has 1 aliphatic carbocycles. The van der Waals surface area contributed by atoms with Crippen LogP contribution < -0.4 is 5.43 Å². The molecule has 1 fully saturated rings. The van der Waals surface area contributed by atoms with Crippen molar-refractivity contribution in [3.63, 3.8) is 0 Å². The second-order valence-corrected chi connectivity index (χ2v) is 8.09. The molecule has 0 aromatic heterocycles. The summed E-state index contributed by atoms with van der Waals surface area (Å²) in [6, 6.07) is 6.12. The largest absolute Gasteiger partial charge is 0.271 e. The average Bonchev–Trinajstić information content (AvgIpc) is 2.89. The highest BCUT2D eigenvalue weighted by atomic mass is 32.2. The Morgan fingerprint density at radius 1 is 1.12 bits per heavy atom. The second kappa shape index (κ2) is 9.10. The topological polar surface area (TPSA) is 78.8 Å². The second-order valence-electron chi connectivity index (χ2n) is 6.15. The fourth-order valence-corrected chi connectivity index (χ4v) is 4.46. The van der Waals surface area contributed by atoms with E-state index in [1.807, 2.05) is 0 Å². The monoisotopic (exact) mass is 365 g/mol. The van der Waals surface area contributed by atoms with Crippen LogP contribution in [0, 0.1) is 0 Å². The number of rotatable bonds is 6. The number of hydrogen-bond donors (Lipinski definition) is 1. The van der Waals surface area contributed by atoms with Gasteiger partial charge >= 0.3 is 0 Å². The van der Waals surface area contributed by atoms with Crippen LogP contribution in [0.5, 0.6) is 0 Å². The predicted octanol–water partition coefficient (Wildman–Crippen LogP) is 3.16. The molecule has 0 saturated heterocycles. The van der Waals surface area contributed by atoms with Crippen LogP contribution in [0.1, 0.15) is 62.7 Å². The molecule has 138 valence electrons. The minimum atomic E-state index is -3.58. The lowest BCUT2D eigenvalue weighted by molar-refractivity contribution is 0.0954. The smallest absolute Gasteiger partial charge is 0.267 e. The van der Waals surface area contributed by atoms with E-state index in [1.54, 1.807) is 26.0 Å². The van der Waals surface area contributed by atoms with Crippen LogP contribution >= 0.6 is 0 Å². The van der Waals surface area contributed by atoms with Crippen LogP contribution in [0.4, 0.5) is 0 Å². The first kappa shape index (κ1) is 19.6. The summed E-state index contributed by atoms with van der Waals surface area (Å²) >= 11 is 0. The average molecular weight is 365 g/mol. The number of nitrogens with one attached hydrogen (secondary N) is 1. The molecule has 1 N–H and O–H groups in total. The first-order valence-corrected chi connectivity index (χ1v) is 10.4. The van der Waals surface area contributed by atoms with Gasteiger partial charge in [0.25, 0.3) is 5.91 Å². The van der Waals surface area contributed by atoms with E-state index < -0.39 is 10.0 Å². The predicted molar refractivity (Wildman–Crippen MR) is 99.2 cm³/mol. The first-order chi connectivity index (χ1) is 12.0. The highest BCUT2D eigenvalue weighted by Gasteiger charge is 2.22. The summed E-state index contributed by atoms with van der Waals surface area (Å²) in [6.07, 6.45) is 6.45. The molecule has 1 aromatic carbocycles. The zero-order valence-corrected chi connectivity index (χ0v) is 15.8. The third-order valence-corrected chi connectivity index (χ3v) is 6.48. The Bertz CT molecular complexity index is 715. The van der Waals surface area contributed by atoms with Gasteiger partial charge in [0.2, 0.25) is 10.0 Å². The summed E-state index contributed by atoms with van der Waals surface area (Å²) in [5.41, 5.74) is 3.88. The van der Waals surface area contributed by atoms with E-state index in [0.29, 0.717) is 18.7 Å². The van der Waals surface area contributed by atoms with Crippen molar-refractivity contribution in [1.82, 2.24) is 9.73 Å². The molecular weight excluding hydrogens is 338 g/mol. The summed E-state index contributed by atoms with van der Waals surface area (Å²) in [4.78, 5) is 12.5. The molecule has 0 atom stereocenters. The third-order valence-electron chi connectivity index (χ3n) is 4.44. The van der Waals surface area contributed by atoms with E-state index in [0.717, 1.165) is 31.4 Å². The maximum Gasteiger partial charge on any atom is 0.271 e. The minimum Gasteiger partial charge on any atom is -0.267 e. The van der Waals surface area contributed by atoms with Gasteiger partial charge in [-0.25, -0.2) is 13.8 Å². The van der Waals surface area contributed by atoms with Gasteiger partial charge in [-0.3, -0.25) is 4.79 Å². The number of hydrogen-bond acceptors (Lipinski definition) is 4. The Balaban J connectivity index is 2.15. The van der Waals surface area contributed by atoms with Crippen molar-refractivity contribution in [3.05, 3.63) is 29.8 Å². The molecule has 25 heavy (non-hydrogen) atoms. The van der Waals surface area contributed by atoms with Crippen molar-refractivity contribution >= 4 is 21.6 Å². The lowest BCUT2D eigenvalue weighted by Gasteiger charge is -2.18. The van der Waals surface area contributed by atoms with E-state index in [4.69, 9.17) is 0 Å². The molecule has 0 unspecified atom stereocenters. The minimum absolute atomic E-state index is 0.131. The van der Waals surface area contributed by atoms with Crippen molar-refractivity contribution in [2.24, 2.45) is 5.10 Å². The zero-order valence-electron chi connectivity index (χ0n) is 15.0. The summed E-state index contributed by atoms with van der Waals surface area (Å²) in [7, 11) is -3.58. The summed E-state index contributed by atoms with van der Waals surface area (Å²) in [6.45, 7) is 4.37. The number of sulfonamides is 1. The molecule has 1 aliphatic rings. The molecule has 0 heterocycles. The standard InChI is InChI=1S/C18H27N3O3S/c1-3-21(4-2)25(23,24)17-13-9-10-15(14-17)18(22)20-19-16-11-7-5-6-8-12-16/h9-10,13-14H,3-8,11-12H2,1-2H3,(H,20,22). The highest BCUT2D eigenvalue weighted by Crippen LogP contribution is 2.17. The van der Waals surface area contributed by atoms with E-state index in [2.05, 4.69) is 10.5 Å². The van der Waals surface area contributed by atoms with Gasteiger partial charge in [0.15, 0.2) is 0 Å². The Kier molecular flexibility index (Phi) is 7.13. The fourth-order valence-electron chi connectivity index (χ4n) is 2.95. The van der Waals surface area contributed by atoms with E-state index in [9.17, 15) is 13.2 Å². The first-order valence-electron chi connectivity index (χ1n) is 8.95. The van der Waals surface area contributed by atoms with Gasteiger partial charge in [-0.2, -0.15) is 9.41 Å². The fraction of sp³-hybridized carbons (Fsp3) is 0.556. The molecule has 1 amide bonds. The van der Waals surface area contributed by atoms with Gasteiger partial charge in [-0.1, -0.05) is 32.8 Å². The van der Waals surface area contributed by atoms with Crippen LogP contribution in [0.3, 0.4) is 0 Å². The van der Waals surface area contributed by atoms with Gasteiger partial charge in [0.05, 0.1) is 4.90 Å². The molecule has 6 nitrogen and oxygen atoms in total. The van der Waals surface area contributed by atoms with Crippen LogP contribution in [0.2, 0.25) is 0 Å².